The Morgan fingerprint density at radius 3 is 2.86 bits per heavy atom. The fourth-order valence-corrected chi connectivity index (χ4v) is 1.77. The third-order valence-corrected chi connectivity index (χ3v) is 2.62. The average molecular weight is 200 g/mol. The zero-order chi connectivity index (χ0) is 10.6. The summed E-state index contributed by atoms with van der Waals surface area (Å²) in [6.07, 6.45) is 0.486. The van der Waals surface area contributed by atoms with E-state index in [9.17, 15) is 4.79 Å². The molecule has 1 fully saturated rings. The van der Waals surface area contributed by atoms with Crippen LogP contribution in [0.25, 0.3) is 0 Å². The maximum Gasteiger partial charge on any atom is 0.225 e. The lowest BCUT2D eigenvalue weighted by Gasteiger charge is -2.42. The van der Waals surface area contributed by atoms with Crippen LogP contribution in [-0.2, 0) is 9.53 Å². The van der Waals surface area contributed by atoms with Crippen molar-refractivity contribution >= 4 is 5.91 Å². The molecule has 1 heterocycles. The molecular weight excluding hydrogens is 180 g/mol. The molecule has 0 spiro atoms. The van der Waals surface area contributed by atoms with Crippen LogP contribution < -0.4 is 5.32 Å². The first-order chi connectivity index (χ1) is 6.58. The molecule has 4 nitrogen and oxygen atoms in total. The average Bonchev–Trinajstić information content (AvgIpc) is 2.13. The van der Waals surface area contributed by atoms with E-state index in [1.165, 1.54) is 0 Å². The summed E-state index contributed by atoms with van der Waals surface area (Å²) in [6.45, 7) is 7.25. The molecule has 14 heavy (non-hydrogen) atoms. The quantitative estimate of drug-likeness (QED) is 0.709. The topological polar surface area (TPSA) is 41.6 Å². The minimum absolute atomic E-state index is 0.0664. The molecule has 0 bridgehead atoms. The van der Waals surface area contributed by atoms with Crippen molar-refractivity contribution in [3.05, 3.63) is 0 Å². The van der Waals surface area contributed by atoms with Gasteiger partial charge in [0.15, 0.2) is 0 Å². The minimum atomic E-state index is -0.0664. The number of methoxy groups -OCH3 is 1. The lowest BCUT2D eigenvalue weighted by molar-refractivity contribution is -0.138. The number of hydrogen-bond donors (Lipinski definition) is 1. The Hall–Kier alpha value is -0.610. The van der Waals surface area contributed by atoms with Gasteiger partial charge in [0.1, 0.15) is 0 Å². The first-order valence-electron chi connectivity index (χ1n) is 5.08. The van der Waals surface area contributed by atoms with E-state index in [1.807, 2.05) is 4.90 Å². The van der Waals surface area contributed by atoms with E-state index in [0.29, 0.717) is 13.0 Å². The molecule has 4 heteroatoms. The number of nitrogens with one attached hydrogen (secondary N) is 1. The van der Waals surface area contributed by atoms with E-state index in [4.69, 9.17) is 4.74 Å². The van der Waals surface area contributed by atoms with Crippen molar-refractivity contribution in [2.45, 2.75) is 25.8 Å². The molecule has 1 N–H and O–H groups in total. The highest BCUT2D eigenvalue weighted by Crippen LogP contribution is 2.17. The van der Waals surface area contributed by atoms with Gasteiger partial charge in [0, 0.05) is 32.3 Å². The van der Waals surface area contributed by atoms with E-state index in [-0.39, 0.29) is 11.4 Å². The Morgan fingerprint density at radius 1 is 1.57 bits per heavy atom. The predicted molar refractivity (Wildman–Crippen MR) is 55.2 cm³/mol. The zero-order valence-corrected chi connectivity index (χ0v) is 9.30. The summed E-state index contributed by atoms with van der Waals surface area (Å²) in [4.78, 5) is 13.7. The maximum atomic E-state index is 11.8. The van der Waals surface area contributed by atoms with Crippen molar-refractivity contribution in [2.24, 2.45) is 0 Å². The van der Waals surface area contributed by atoms with Crippen molar-refractivity contribution < 1.29 is 9.53 Å². The van der Waals surface area contributed by atoms with E-state index < -0.39 is 0 Å². The molecule has 1 aliphatic rings. The van der Waals surface area contributed by atoms with Crippen molar-refractivity contribution in [3.63, 3.8) is 0 Å². The normalized spacial score (nSPS) is 20.9. The molecule has 82 valence electrons. The molecule has 0 aromatic rings. The molecule has 1 rings (SSSR count). The summed E-state index contributed by atoms with van der Waals surface area (Å²) in [5.41, 5.74) is -0.0664. The van der Waals surface area contributed by atoms with Gasteiger partial charge in [-0.15, -0.1) is 0 Å². The predicted octanol–water partition coefficient (Wildman–Crippen LogP) is 0.233. The van der Waals surface area contributed by atoms with Gasteiger partial charge in [-0.25, -0.2) is 0 Å². The fraction of sp³-hybridized carbons (Fsp3) is 0.900. The second-order valence-electron chi connectivity index (χ2n) is 4.28. The summed E-state index contributed by atoms with van der Waals surface area (Å²) in [5.74, 6) is 0.193. The monoisotopic (exact) mass is 200 g/mol. The Kier molecular flexibility index (Phi) is 3.89. The van der Waals surface area contributed by atoms with E-state index >= 15 is 0 Å². The molecule has 1 aliphatic heterocycles. The van der Waals surface area contributed by atoms with Crippen LogP contribution in [0.15, 0.2) is 0 Å². The number of amides is 1. The van der Waals surface area contributed by atoms with Gasteiger partial charge in [-0.2, -0.15) is 0 Å². The Bertz CT molecular complexity index is 204. The van der Waals surface area contributed by atoms with Crippen molar-refractivity contribution in [1.29, 1.82) is 0 Å². The van der Waals surface area contributed by atoms with Gasteiger partial charge >= 0.3 is 0 Å². The summed E-state index contributed by atoms with van der Waals surface area (Å²) in [6, 6.07) is 0. The van der Waals surface area contributed by atoms with E-state index in [0.717, 1.165) is 19.6 Å². The Balaban J connectivity index is 2.51. The lowest BCUT2D eigenvalue weighted by atomic mass is 10.00. The number of carbonyl (C=O) groups excluding carboxylic acids is 1. The molecule has 1 amide bonds. The molecule has 0 aromatic heterocycles. The van der Waals surface area contributed by atoms with Gasteiger partial charge < -0.3 is 15.0 Å². The van der Waals surface area contributed by atoms with Gasteiger partial charge in [0.2, 0.25) is 5.91 Å². The highest BCUT2D eigenvalue weighted by Gasteiger charge is 2.32. The summed E-state index contributed by atoms with van der Waals surface area (Å²) < 4.78 is 4.91. The first kappa shape index (κ1) is 11.5. The number of piperazine rings is 1. The van der Waals surface area contributed by atoms with Gasteiger partial charge in [-0.1, -0.05) is 0 Å². The number of nitrogens with zero attached hydrogens (tertiary/aromatic N) is 1. The second-order valence-corrected chi connectivity index (χ2v) is 4.28. The highest BCUT2D eigenvalue weighted by molar-refractivity contribution is 5.77. The van der Waals surface area contributed by atoms with Crippen LogP contribution in [0.2, 0.25) is 0 Å². The molecule has 0 radical (unpaired) electrons. The molecule has 0 unspecified atom stereocenters. The molecule has 0 saturated carbocycles. The van der Waals surface area contributed by atoms with E-state index in [2.05, 4.69) is 19.2 Å². The van der Waals surface area contributed by atoms with Gasteiger partial charge in [-0.05, 0) is 13.8 Å². The SMILES string of the molecule is COCCC(=O)N1CCNCC1(C)C. The van der Waals surface area contributed by atoms with Crippen LogP contribution in [0.4, 0.5) is 0 Å². The van der Waals surface area contributed by atoms with Crippen LogP contribution in [-0.4, -0.2) is 49.7 Å². The summed E-state index contributed by atoms with van der Waals surface area (Å²) in [7, 11) is 1.62. The van der Waals surface area contributed by atoms with Crippen LogP contribution in [0.3, 0.4) is 0 Å². The molecule has 1 saturated heterocycles. The van der Waals surface area contributed by atoms with Crippen LogP contribution in [0, 0.1) is 0 Å². The second kappa shape index (κ2) is 4.75. The number of ether oxygens (including phenoxy) is 1. The van der Waals surface area contributed by atoms with Gasteiger partial charge in [0.05, 0.1) is 13.0 Å². The lowest BCUT2D eigenvalue weighted by Crippen LogP contribution is -2.59. The van der Waals surface area contributed by atoms with Crippen LogP contribution in [0.5, 0.6) is 0 Å². The molecular formula is C10H20N2O2. The standard InChI is InChI=1S/C10H20N2O2/c1-10(2)8-11-5-6-12(10)9(13)4-7-14-3/h11H,4-8H2,1-3H3. The van der Waals surface area contributed by atoms with Crippen LogP contribution >= 0.6 is 0 Å². The van der Waals surface area contributed by atoms with Gasteiger partial charge in [-0.3, -0.25) is 4.79 Å². The molecule has 0 aromatic carbocycles. The number of carbonyl (C=O) groups is 1. The summed E-state index contributed by atoms with van der Waals surface area (Å²) in [5, 5.41) is 3.29. The smallest absolute Gasteiger partial charge is 0.225 e. The number of hydrogen-bond acceptors (Lipinski definition) is 3. The van der Waals surface area contributed by atoms with E-state index in [1.54, 1.807) is 7.11 Å². The first-order valence-corrected chi connectivity index (χ1v) is 5.08. The van der Waals surface area contributed by atoms with Gasteiger partial charge in [0.25, 0.3) is 0 Å². The summed E-state index contributed by atoms with van der Waals surface area (Å²) >= 11 is 0. The zero-order valence-electron chi connectivity index (χ0n) is 9.30. The molecule has 0 atom stereocenters. The fourth-order valence-electron chi connectivity index (χ4n) is 1.77. The van der Waals surface area contributed by atoms with Crippen LogP contribution in [0.1, 0.15) is 20.3 Å². The Labute approximate surface area is 85.6 Å². The third kappa shape index (κ3) is 2.69. The number of rotatable bonds is 3. The minimum Gasteiger partial charge on any atom is -0.384 e. The molecule has 0 aliphatic carbocycles. The largest absolute Gasteiger partial charge is 0.384 e. The van der Waals surface area contributed by atoms with Crippen molar-refractivity contribution in [2.75, 3.05) is 33.4 Å². The van der Waals surface area contributed by atoms with Crippen molar-refractivity contribution in [1.82, 2.24) is 10.2 Å². The highest BCUT2D eigenvalue weighted by atomic mass is 16.5. The maximum absolute atomic E-state index is 11.8. The Morgan fingerprint density at radius 2 is 2.29 bits per heavy atom. The third-order valence-electron chi connectivity index (χ3n) is 2.62. The van der Waals surface area contributed by atoms with Crippen molar-refractivity contribution in [3.8, 4) is 0 Å².